The van der Waals surface area contributed by atoms with Crippen LogP contribution in [0.25, 0.3) is 6.08 Å². The second-order valence-corrected chi connectivity index (χ2v) is 11.4. The minimum Gasteiger partial charge on any atom is -0.394 e. The number of nitrogens with zero attached hydrogens (tertiary/aromatic N) is 2. The average Bonchev–Trinajstić information content (AvgIpc) is 3.26. The number of hydrazine groups is 1. The number of imide groups is 1. The molecule has 2 unspecified atom stereocenters. The third kappa shape index (κ3) is 9.10. The maximum Gasteiger partial charge on any atom is 0.347 e. The standard InChI is InChI=1S/C35H40N4O6/c1-25(2)21-30(32(41)36-39-34(43)31(23-40)38(35(39)44)22-27-15-8-4-9-16-27)29(20-12-19-26-13-6-3-7-14-26)33(42)37-45-24-28-17-10-5-11-18-28/h3-19,25,29-31,40H,20-24H2,1-2H3,(H,36,41)(H,37,42)/b19-12+/t29?,30-,31?/m1/s1. The molecule has 0 aromatic heterocycles. The van der Waals surface area contributed by atoms with E-state index < -0.39 is 48.2 Å². The van der Waals surface area contributed by atoms with Crippen molar-refractivity contribution in [3.63, 3.8) is 0 Å². The molecule has 3 atom stereocenters. The second-order valence-electron chi connectivity index (χ2n) is 11.4. The molecule has 0 bridgehead atoms. The van der Waals surface area contributed by atoms with E-state index in [1.165, 1.54) is 4.90 Å². The molecular weight excluding hydrogens is 572 g/mol. The fraction of sp³-hybridized carbons (Fsp3) is 0.314. The number of aliphatic hydroxyl groups excluding tert-OH is 1. The first kappa shape index (κ1) is 33.1. The molecule has 1 aliphatic heterocycles. The third-order valence-corrected chi connectivity index (χ3v) is 7.55. The van der Waals surface area contributed by atoms with Gasteiger partial charge in [0.2, 0.25) is 11.8 Å². The number of hydrogen-bond donors (Lipinski definition) is 3. The summed E-state index contributed by atoms with van der Waals surface area (Å²) in [6.45, 7) is 3.46. The van der Waals surface area contributed by atoms with E-state index in [0.29, 0.717) is 11.4 Å². The Balaban J connectivity index is 1.54. The van der Waals surface area contributed by atoms with Crippen LogP contribution < -0.4 is 10.9 Å². The molecule has 3 N–H and O–H groups in total. The molecule has 0 radical (unpaired) electrons. The number of allylic oxidation sites excluding steroid dienone is 1. The van der Waals surface area contributed by atoms with Crippen LogP contribution in [0.2, 0.25) is 0 Å². The first-order valence-corrected chi connectivity index (χ1v) is 15.1. The van der Waals surface area contributed by atoms with Crippen LogP contribution in [0.4, 0.5) is 4.79 Å². The van der Waals surface area contributed by atoms with Crippen molar-refractivity contribution in [2.45, 2.75) is 45.9 Å². The van der Waals surface area contributed by atoms with E-state index in [2.05, 4.69) is 10.9 Å². The molecule has 3 aromatic carbocycles. The zero-order valence-electron chi connectivity index (χ0n) is 25.5. The molecule has 0 aliphatic carbocycles. The minimum absolute atomic E-state index is 0.00383. The summed E-state index contributed by atoms with van der Waals surface area (Å²) in [6, 6.07) is 26.1. The number of rotatable bonds is 15. The van der Waals surface area contributed by atoms with Gasteiger partial charge in [-0.2, -0.15) is 5.01 Å². The Morgan fingerprint density at radius 1 is 0.867 bits per heavy atom. The van der Waals surface area contributed by atoms with Gasteiger partial charge in [0.15, 0.2) is 0 Å². The van der Waals surface area contributed by atoms with E-state index in [1.54, 1.807) is 12.1 Å². The Morgan fingerprint density at radius 2 is 1.47 bits per heavy atom. The van der Waals surface area contributed by atoms with Crippen LogP contribution in [-0.4, -0.2) is 51.4 Å². The lowest BCUT2D eigenvalue weighted by molar-refractivity contribution is -0.147. The summed E-state index contributed by atoms with van der Waals surface area (Å²) in [5.74, 6) is -3.69. The Bertz CT molecular complexity index is 1450. The zero-order valence-corrected chi connectivity index (χ0v) is 25.5. The monoisotopic (exact) mass is 612 g/mol. The van der Waals surface area contributed by atoms with Crippen LogP contribution >= 0.6 is 0 Å². The number of nitrogens with one attached hydrogen (secondary N) is 2. The van der Waals surface area contributed by atoms with Gasteiger partial charge >= 0.3 is 6.03 Å². The average molecular weight is 613 g/mol. The van der Waals surface area contributed by atoms with Crippen molar-refractivity contribution in [3.8, 4) is 0 Å². The van der Waals surface area contributed by atoms with Gasteiger partial charge in [0.05, 0.1) is 25.0 Å². The SMILES string of the molecule is CC(C)C[C@@H](C(=O)NN1C(=O)C(CO)N(Cc2ccccc2)C1=O)C(C/C=C/c1ccccc1)C(=O)NOCc1ccccc1. The highest BCUT2D eigenvalue weighted by molar-refractivity contribution is 6.05. The molecule has 1 fully saturated rings. The van der Waals surface area contributed by atoms with E-state index in [9.17, 15) is 24.3 Å². The van der Waals surface area contributed by atoms with Crippen LogP contribution in [-0.2, 0) is 32.4 Å². The molecule has 3 aromatic rings. The van der Waals surface area contributed by atoms with E-state index in [1.807, 2.05) is 105 Å². The highest BCUT2D eigenvalue weighted by Gasteiger charge is 2.47. The van der Waals surface area contributed by atoms with Crippen molar-refractivity contribution in [1.29, 1.82) is 0 Å². The highest BCUT2D eigenvalue weighted by Crippen LogP contribution is 2.27. The maximum absolute atomic E-state index is 13.9. The van der Waals surface area contributed by atoms with E-state index in [4.69, 9.17) is 4.84 Å². The van der Waals surface area contributed by atoms with Crippen LogP contribution in [0.5, 0.6) is 0 Å². The molecule has 10 nitrogen and oxygen atoms in total. The van der Waals surface area contributed by atoms with Crippen LogP contribution in [0.15, 0.2) is 97.1 Å². The van der Waals surface area contributed by atoms with Crippen LogP contribution in [0.3, 0.4) is 0 Å². The molecule has 45 heavy (non-hydrogen) atoms. The third-order valence-electron chi connectivity index (χ3n) is 7.55. The van der Waals surface area contributed by atoms with Crippen molar-refractivity contribution in [3.05, 3.63) is 114 Å². The fourth-order valence-electron chi connectivity index (χ4n) is 5.24. The first-order valence-electron chi connectivity index (χ1n) is 15.1. The van der Waals surface area contributed by atoms with Gasteiger partial charge in [-0.05, 0) is 35.4 Å². The summed E-state index contributed by atoms with van der Waals surface area (Å²) < 4.78 is 0. The quantitative estimate of drug-likeness (QED) is 0.172. The molecule has 4 rings (SSSR count). The van der Waals surface area contributed by atoms with Crippen LogP contribution in [0, 0.1) is 17.8 Å². The molecule has 1 heterocycles. The molecule has 1 aliphatic rings. The van der Waals surface area contributed by atoms with E-state index in [0.717, 1.165) is 16.7 Å². The van der Waals surface area contributed by atoms with Gasteiger partial charge in [0.25, 0.3) is 5.91 Å². The molecule has 1 saturated heterocycles. The van der Waals surface area contributed by atoms with Gasteiger partial charge in [0, 0.05) is 6.54 Å². The largest absolute Gasteiger partial charge is 0.394 e. The Hall–Kier alpha value is -4.80. The van der Waals surface area contributed by atoms with Crippen molar-refractivity contribution >= 4 is 29.8 Å². The number of hydrogen-bond acceptors (Lipinski definition) is 6. The summed E-state index contributed by atoms with van der Waals surface area (Å²) in [5.41, 5.74) is 7.55. The number of aliphatic hydroxyl groups is 1. The van der Waals surface area contributed by atoms with Crippen molar-refractivity contribution < 1.29 is 29.1 Å². The summed E-state index contributed by atoms with van der Waals surface area (Å²) in [4.78, 5) is 60.8. The van der Waals surface area contributed by atoms with Gasteiger partial charge in [-0.15, -0.1) is 0 Å². The summed E-state index contributed by atoms with van der Waals surface area (Å²) in [6.07, 6.45) is 4.19. The van der Waals surface area contributed by atoms with E-state index >= 15 is 0 Å². The number of carbonyl (C=O) groups excluding carboxylic acids is 4. The topological polar surface area (TPSA) is 128 Å². The number of hydroxylamine groups is 1. The summed E-state index contributed by atoms with van der Waals surface area (Å²) >= 11 is 0. The molecule has 236 valence electrons. The van der Waals surface area contributed by atoms with E-state index in [-0.39, 0.29) is 25.5 Å². The first-order chi connectivity index (χ1) is 21.8. The second kappa shape index (κ2) is 16.3. The van der Waals surface area contributed by atoms with Crippen molar-refractivity contribution in [2.75, 3.05) is 6.61 Å². The normalized spacial score (nSPS) is 16.3. The maximum atomic E-state index is 13.9. The smallest absolute Gasteiger partial charge is 0.347 e. The molecule has 0 saturated carbocycles. The number of benzene rings is 3. The lowest BCUT2D eigenvalue weighted by atomic mass is 9.82. The van der Waals surface area contributed by atoms with Gasteiger partial charge in [-0.3, -0.25) is 24.6 Å². The van der Waals surface area contributed by atoms with Crippen molar-refractivity contribution in [1.82, 2.24) is 20.8 Å². The number of urea groups is 1. The lowest BCUT2D eigenvalue weighted by Gasteiger charge is -2.28. The Kier molecular flexibility index (Phi) is 12.0. The summed E-state index contributed by atoms with van der Waals surface area (Å²) in [7, 11) is 0. The lowest BCUT2D eigenvalue weighted by Crippen LogP contribution is -2.51. The van der Waals surface area contributed by atoms with Gasteiger partial charge < -0.3 is 10.0 Å². The van der Waals surface area contributed by atoms with Gasteiger partial charge in [-0.1, -0.05) is 117 Å². The zero-order chi connectivity index (χ0) is 32.2. The Morgan fingerprint density at radius 3 is 2.07 bits per heavy atom. The fourth-order valence-corrected chi connectivity index (χ4v) is 5.24. The predicted molar refractivity (Wildman–Crippen MR) is 169 cm³/mol. The van der Waals surface area contributed by atoms with Gasteiger partial charge in [0.1, 0.15) is 6.04 Å². The number of amides is 5. The molecule has 10 heteroatoms. The highest BCUT2D eigenvalue weighted by atomic mass is 16.6. The van der Waals surface area contributed by atoms with Gasteiger partial charge in [-0.25, -0.2) is 10.3 Å². The molecular formula is C35H40N4O6. The Labute approximate surface area is 263 Å². The number of carbonyl (C=O) groups is 4. The minimum atomic E-state index is -1.15. The van der Waals surface area contributed by atoms with Crippen LogP contribution in [0.1, 0.15) is 43.4 Å². The molecule has 0 spiro atoms. The summed E-state index contributed by atoms with van der Waals surface area (Å²) in [5, 5.41) is 10.6. The predicted octanol–water partition coefficient (Wildman–Crippen LogP) is 4.47. The van der Waals surface area contributed by atoms with Crippen molar-refractivity contribution in [2.24, 2.45) is 17.8 Å². The molecule has 5 amide bonds.